The molecule has 2 aromatic carbocycles. The molecule has 0 radical (unpaired) electrons. The first-order valence-corrected chi connectivity index (χ1v) is 11.5. The Bertz CT molecular complexity index is 974. The minimum atomic E-state index is -4.48. The summed E-state index contributed by atoms with van der Waals surface area (Å²) < 4.78 is 41.0. The van der Waals surface area contributed by atoms with E-state index in [1.165, 1.54) is 19.1 Å². The van der Waals surface area contributed by atoms with Gasteiger partial charge in [-0.05, 0) is 47.9 Å². The van der Waals surface area contributed by atoms with E-state index < -0.39 is 17.7 Å². The first-order chi connectivity index (χ1) is 15.3. The zero-order valence-electron chi connectivity index (χ0n) is 20.1. The molecule has 0 fully saturated rings. The number of hydrogen-bond donors (Lipinski definition) is 1. The molecule has 0 aliphatic rings. The number of carbonyl (C=O) groups is 2. The molecule has 6 heteroatoms. The summed E-state index contributed by atoms with van der Waals surface area (Å²) in [6.45, 7) is 9.48. The summed E-state index contributed by atoms with van der Waals surface area (Å²) in [6.07, 6.45) is -1.48. The van der Waals surface area contributed by atoms with Crippen molar-refractivity contribution in [2.75, 3.05) is 5.32 Å². The molecule has 180 valence electrons. The highest BCUT2D eigenvalue weighted by molar-refractivity contribution is 5.98. The number of benzene rings is 2. The van der Waals surface area contributed by atoms with E-state index in [0.29, 0.717) is 17.7 Å². The van der Waals surface area contributed by atoms with Crippen molar-refractivity contribution in [1.29, 1.82) is 0 Å². The van der Waals surface area contributed by atoms with Gasteiger partial charge in [0.1, 0.15) is 0 Å². The maximum atomic E-state index is 13.7. The van der Waals surface area contributed by atoms with E-state index >= 15 is 0 Å². The number of Topliss-reactive ketones (excluding diaryl/α,β-unsaturated/α-hetero) is 1. The van der Waals surface area contributed by atoms with Crippen molar-refractivity contribution in [2.24, 2.45) is 0 Å². The number of ketones is 1. The molecule has 2 rings (SSSR count). The SMILES string of the molecule is CCCCCC(CC(=O)Nc1cc(C(C)=O)ccc1C(C)(C)C)c1ccccc1C(F)(F)F. The van der Waals surface area contributed by atoms with Gasteiger partial charge in [-0.1, -0.05) is 77.3 Å². The van der Waals surface area contributed by atoms with Gasteiger partial charge in [-0.25, -0.2) is 0 Å². The predicted octanol–water partition coefficient (Wildman–Crippen LogP) is 7.90. The van der Waals surface area contributed by atoms with Crippen LogP contribution in [0.2, 0.25) is 0 Å². The van der Waals surface area contributed by atoms with E-state index in [-0.39, 0.29) is 29.1 Å². The van der Waals surface area contributed by atoms with Crippen LogP contribution < -0.4 is 5.32 Å². The summed E-state index contributed by atoms with van der Waals surface area (Å²) in [7, 11) is 0. The molecule has 0 aliphatic carbocycles. The number of carbonyl (C=O) groups excluding carboxylic acids is 2. The lowest BCUT2D eigenvalue weighted by Gasteiger charge is -2.25. The third-order valence-electron chi connectivity index (χ3n) is 5.80. The molecule has 0 bridgehead atoms. The number of anilines is 1. The summed E-state index contributed by atoms with van der Waals surface area (Å²) in [5, 5.41) is 2.89. The maximum Gasteiger partial charge on any atom is 0.416 e. The molecule has 0 saturated carbocycles. The summed E-state index contributed by atoms with van der Waals surface area (Å²) in [5.41, 5.74) is 1.04. The molecule has 1 atom stereocenters. The number of rotatable bonds is 9. The molecule has 0 saturated heterocycles. The normalized spacial score (nSPS) is 13.0. The standard InChI is InChI=1S/C27H34F3NO2/c1-6-7-8-11-20(21-12-9-10-13-22(21)27(28,29)30)17-25(33)31-24-16-19(18(2)32)14-15-23(24)26(3,4)5/h9-10,12-16,20H,6-8,11,17H2,1-5H3,(H,31,33). The fourth-order valence-corrected chi connectivity index (χ4v) is 4.07. The van der Waals surface area contributed by atoms with Gasteiger partial charge in [0.15, 0.2) is 5.78 Å². The van der Waals surface area contributed by atoms with Crippen LogP contribution in [0.5, 0.6) is 0 Å². The highest BCUT2D eigenvalue weighted by Crippen LogP contribution is 2.38. The van der Waals surface area contributed by atoms with Crippen molar-refractivity contribution < 1.29 is 22.8 Å². The number of halogens is 3. The van der Waals surface area contributed by atoms with E-state index in [9.17, 15) is 22.8 Å². The third kappa shape index (κ3) is 7.44. The average Bonchev–Trinajstić information content (AvgIpc) is 2.71. The van der Waals surface area contributed by atoms with Gasteiger partial charge in [-0.2, -0.15) is 13.2 Å². The van der Waals surface area contributed by atoms with Crippen LogP contribution in [0.3, 0.4) is 0 Å². The van der Waals surface area contributed by atoms with Crippen molar-refractivity contribution in [3.8, 4) is 0 Å². The van der Waals surface area contributed by atoms with Gasteiger partial charge in [0.25, 0.3) is 0 Å². The molecular formula is C27H34F3NO2. The lowest BCUT2D eigenvalue weighted by atomic mass is 9.84. The molecule has 33 heavy (non-hydrogen) atoms. The average molecular weight is 462 g/mol. The molecule has 0 aromatic heterocycles. The van der Waals surface area contributed by atoms with Crippen LogP contribution in [-0.2, 0) is 16.4 Å². The topological polar surface area (TPSA) is 46.2 Å². The van der Waals surface area contributed by atoms with Gasteiger partial charge < -0.3 is 5.32 Å². The first kappa shape index (κ1) is 26.6. The van der Waals surface area contributed by atoms with E-state index in [2.05, 4.69) is 5.32 Å². The second kappa shape index (κ2) is 11.0. The van der Waals surface area contributed by atoms with Crippen molar-refractivity contribution >= 4 is 17.4 Å². The van der Waals surface area contributed by atoms with Crippen LogP contribution in [0.4, 0.5) is 18.9 Å². The van der Waals surface area contributed by atoms with Crippen LogP contribution in [0, 0.1) is 0 Å². The van der Waals surface area contributed by atoms with Gasteiger partial charge >= 0.3 is 6.18 Å². The molecule has 0 spiro atoms. The maximum absolute atomic E-state index is 13.7. The second-order valence-corrected chi connectivity index (χ2v) is 9.60. The molecule has 0 aliphatic heterocycles. The smallest absolute Gasteiger partial charge is 0.326 e. The van der Waals surface area contributed by atoms with E-state index in [1.54, 1.807) is 18.2 Å². The minimum absolute atomic E-state index is 0.0648. The quantitative estimate of drug-likeness (QED) is 0.305. The lowest BCUT2D eigenvalue weighted by molar-refractivity contribution is -0.138. The van der Waals surface area contributed by atoms with Crippen LogP contribution in [0.15, 0.2) is 42.5 Å². The van der Waals surface area contributed by atoms with Gasteiger partial charge in [0, 0.05) is 17.7 Å². The molecule has 1 N–H and O–H groups in total. The number of amides is 1. The number of nitrogens with one attached hydrogen (secondary N) is 1. The highest BCUT2D eigenvalue weighted by Gasteiger charge is 2.35. The third-order valence-corrected chi connectivity index (χ3v) is 5.80. The summed E-state index contributed by atoms with van der Waals surface area (Å²) in [4.78, 5) is 24.9. The molecule has 3 nitrogen and oxygen atoms in total. The Balaban J connectivity index is 2.37. The minimum Gasteiger partial charge on any atom is -0.326 e. The molecule has 2 aromatic rings. The van der Waals surface area contributed by atoms with Crippen LogP contribution in [-0.4, -0.2) is 11.7 Å². The van der Waals surface area contributed by atoms with Crippen molar-refractivity contribution in [1.82, 2.24) is 0 Å². The summed E-state index contributed by atoms with van der Waals surface area (Å²) in [5.74, 6) is -1.04. The zero-order chi connectivity index (χ0) is 24.8. The largest absolute Gasteiger partial charge is 0.416 e. The fourth-order valence-electron chi connectivity index (χ4n) is 4.07. The summed E-state index contributed by atoms with van der Waals surface area (Å²) in [6, 6.07) is 10.7. The van der Waals surface area contributed by atoms with E-state index in [0.717, 1.165) is 30.9 Å². The Labute approximate surface area is 194 Å². The second-order valence-electron chi connectivity index (χ2n) is 9.60. The van der Waals surface area contributed by atoms with Crippen molar-refractivity contribution in [3.05, 3.63) is 64.7 Å². The number of unbranched alkanes of at least 4 members (excludes halogenated alkanes) is 2. The Morgan fingerprint density at radius 1 is 0.970 bits per heavy atom. The highest BCUT2D eigenvalue weighted by atomic mass is 19.4. The Morgan fingerprint density at radius 3 is 2.21 bits per heavy atom. The van der Waals surface area contributed by atoms with Crippen LogP contribution in [0.25, 0.3) is 0 Å². The Hall–Kier alpha value is -2.63. The molecule has 0 heterocycles. The number of alkyl halides is 3. The summed E-state index contributed by atoms with van der Waals surface area (Å²) >= 11 is 0. The zero-order valence-corrected chi connectivity index (χ0v) is 20.1. The molecule has 1 unspecified atom stereocenters. The van der Waals surface area contributed by atoms with Crippen molar-refractivity contribution in [2.45, 2.75) is 84.2 Å². The van der Waals surface area contributed by atoms with Gasteiger partial charge in [0.2, 0.25) is 5.91 Å². The van der Waals surface area contributed by atoms with Gasteiger partial charge in [0.05, 0.1) is 5.56 Å². The van der Waals surface area contributed by atoms with E-state index in [4.69, 9.17) is 0 Å². The van der Waals surface area contributed by atoms with Crippen LogP contribution >= 0.6 is 0 Å². The van der Waals surface area contributed by atoms with Gasteiger partial charge in [-0.3, -0.25) is 9.59 Å². The Kier molecular flexibility index (Phi) is 8.87. The van der Waals surface area contributed by atoms with Gasteiger partial charge in [-0.15, -0.1) is 0 Å². The Morgan fingerprint density at radius 2 is 1.64 bits per heavy atom. The number of hydrogen-bond acceptors (Lipinski definition) is 2. The fraction of sp³-hybridized carbons (Fsp3) is 0.481. The van der Waals surface area contributed by atoms with E-state index in [1.807, 2.05) is 33.8 Å². The predicted molar refractivity (Wildman–Crippen MR) is 127 cm³/mol. The monoisotopic (exact) mass is 461 g/mol. The molecular weight excluding hydrogens is 427 g/mol. The lowest BCUT2D eigenvalue weighted by Crippen LogP contribution is -2.22. The first-order valence-electron chi connectivity index (χ1n) is 11.5. The van der Waals surface area contributed by atoms with Crippen LogP contribution in [0.1, 0.15) is 99.7 Å². The van der Waals surface area contributed by atoms with Crippen molar-refractivity contribution in [3.63, 3.8) is 0 Å². The molecule has 1 amide bonds.